The third-order valence-electron chi connectivity index (χ3n) is 2.60. The molecule has 0 saturated heterocycles. The van der Waals surface area contributed by atoms with Crippen LogP contribution in [0.15, 0.2) is 24.3 Å². The Morgan fingerprint density at radius 1 is 1.40 bits per heavy atom. The molecule has 0 heterocycles. The Morgan fingerprint density at radius 3 is 2.67 bits per heavy atom. The fraction of sp³-hybridized carbons (Fsp3) is 0.538. The summed E-state index contributed by atoms with van der Waals surface area (Å²) in [6.45, 7) is 8.45. The van der Waals surface area contributed by atoms with Crippen molar-refractivity contribution in [1.82, 2.24) is 0 Å². The molecule has 1 rings (SSSR count). The Hall–Kier alpha value is -1.02. The van der Waals surface area contributed by atoms with Crippen molar-refractivity contribution in [2.24, 2.45) is 5.73 Å². The molecule has 0 radical (unpaired) electrons. The predicted molar refractivity (Wildman–Crippen MR) is 67.3 cm³/mol. The normalized spacial score (nSPS) is 12.5. The van der Waals surface area contributed by atoms with Gasteiger partial charge >= 0.3 is 0 Å². The van der Waals surface area contributed by atoms with Gasteiger partial charge in [0.15, 0.2) is 0 Å². The van der Waals surface area contributed by atoms with Crippen molar-refractivity contribution in [3.8, 4) is 0 Å². The number of anilines is 1. The maximum absolute atomic E-state index is 5.78. The first kappa shape index (κ1) is 12.1. The molecule has 15 heavy (non-hydrogen) atoms. The first-order chi connectivity index (χ1) is 7.13. The number of aryl methyl sites for hydroxylation is 1. The highest BCUT2D eigenvalue weighted by molar-refractivity contribution is 5.48. The molecule has 2 nitrogen and oxygen atoms in total. The van der Waals surface area contributed by atoms with Crippen molar-refractivity contribution >= 4 is 5.69 Å². The zero-order valence-corrected chi connectivity index (χ0v) is 10.0. The van der Waals surface area contributed by atoms with Crippen LogP contribution in [0.1, 0.15) is 25.8 Å². The monoisotopic (exact) mass is 206 g/mol. The molecule has 0 amide bonds. The van der Waals surface area contributed by atoms with Gasteiger partial charge in [-0.2, -0.15) is 0 Å². The third-order valence-corrected chi connectivity index (χ3v) is 2.60. The lowest BCUT2D eigenvalue weighted by Gasteiger charge is -2.24. The van der Waals surface area contributed by atoms with Gasteiger partial charge in [-0.25, -0.2) is 0 Å². The molecule has 84 valence electrons. The molecule has 1 atom stereocenters. The summed E-state index contributed by atoms with van der Waals surface area (Å²) >= 11 is 0. The number of hydrogen-bond acceptors (Lipinski definition) is 2. The Kier molecular flexibility index (Phi) is 4.63. The lowest BCUT2D eigenvalue weighted by molar-refractivity contribution is 0.644. The molecule has 0 saturated carbocycles. The summed E-state index contributed by atoms with van der Waals surface area (Å²) in [4.78, 5) is 2.37. The van der Waals surface area contributed by atoms with Crippen molar-refractivity contribution in [1.29, 1.82) is 0 Å². The summed E-state index contributed by atoms with van der Waals surface area (Å²) in [6, 6.07) is 8.91. The van der Waals surface area contributed by atoms with E-state index in [2.05, 4.69) is 49.9 Å². The summed E-state index contributed by atoms with van der Waals surface area (Å²) in [5.41, 5.74) is 8.39. The van der Waals surface area contributed by atoms with Gasteiger partial charge in [0.2, 0.25) is 0 Å². The molecule has 1 unspecified atom stereocenters. The third kappa shape index (κ3) is 3.92. The maximum Gasteiger partial charge on any atom is 0.0368 e. The van der Waals surface area contributed by atoms with Crippen LogP contribution >= 0.6 is 0 Å². The molecule has 0 bridgehead atoms. The lowest BCUT2D eigenvalue weighted by Crippen LogP contribution is -2.28. The minimum absolute atomic E-state index is 0.281. The van der Waals surface area contributed by atoms with Crippen molar-refractivity contribution in [2.45, 2.75) is 33.2 Å². The minimum Gasteiger partial charge on any atom is -0.372 e. The summed E-state index contributed by atoms with van der Waals surface area (Å²) in [7, 11) is 0. The largest absolute Gasteiger partial charge is 0.372 e. The number of nitrogens with zero attached hydrogens (tertiary/aromatic N) is 1. The van der Waals surface area contributed by atoms with Crippen LogP contribution in [0.25, 0.3) is 0 Å². The van der Waals surface area contributed by atoms with E-state index >= 15 is 0 Å². The average molecular weight is 206 g/mol. The van der Waals surface area contributed by atoms with E-state index in [4.69, 9.17) is 5.73 Å². The highest BCUT2D eigenvalue weighted by Crippen LogP contribution is 2.15. The summed E-state index contributed by atoms with van der Waals surface area (Å²) < 4.78 is 0. The standard InChI is InChI=1S/C13H22N2/c1-4-15(9-8-12(3)14)13-7-5-6-11(2)10-13/h5-7,10,12H,4,8-9,14H2,1-3H3. The SMILES string of the molecule is CCN(CCC(C)N)c1cccc(C)c1. The van der Waals surface area contributed by atoms with E-state index in [0.29, 0.717) is 0 Å². The van der Waals surface area contributed by atoms with E-state index < -0.39 is 0 Å². The summed E-state index contributed by atoms with van der Waals surface area (Å²) in [6.07, 6.45) is 1.04. The number of benzene rings is 1. The molecular formula is C13H22N2. The molecule has 2 N–H and O–H groups in total. The number of rotatable bonds is 5. The molecule has 0 spiro atoms. The summed E-state index contributed by atoms with van der Waals surface area (Å²) in [5.74, 6) is 0. The lowest BCUT2D eigenvalue weighted by atomic mass is 10.2. The van der Waals surface area contributed by atoms with E-state index in [1.807, 2.05) is 0 Å². The van der Waals surface area contributed by atoms with Gasteiger partial charge in [0.25, 0.3) is 0 Å². The van der Waals surface area contributed by atoms with Crippen LogP contribution in [0.5, 0.6) is 0 Å². The molecule has 0 aromatic heterocycles. The Balaban J connectivity index is 2.65. The Bertz CT molecular complexity index is 294. The topological polar surface area (TPSA) is 29.3 Å². The van der Waals surface area contributed by atoms with E-state index in [0.717, 1.165) is 19.5 Å². The van der Waals surface area contributed by atoms with Gasteiger partial charge in [0, 0.05) is 24.8 Å². The van der Waals surface area contributed by atoms with Gasteiger partial charge in [-0.05, 0) is 44.9 Å². The zero-order chi connectivity index (χ0) is 11.3. The molecule has 0 aliphatic carbocycles. The van der Waals surface area contributed by atoms with E-state index in [-0.39, 0.29) is 6.04 Å². The van der Waals surface area contributed by atoms with Crippen LogP contribution < -0.4 is 10.6 Å². The quantitative estimate of drug-likeness (QED) is 0.802. The molecule has 1 aromatic carbocycles. The molecular weight excluding hydrogens is 184 g/mol. The van der Waals surface area contributed by atoms with Crippen LogP contribution in [0.4, 0.5) is 5.69 Å². The van der Waals surface area contributed by atoms with Crippen LogP contribution in [0.3, 0.4) is 0 Å². The van der Waals surface area contributed by atoms with Crippen molar-refractivity contribution in [3.63, 3.8) is 0 Å². The Morgan fingerprint density at radius 2 is 2.13 bits per heavy atom. The van der Waals surface area contributed by atoms with Gasteiger partial charge in [0.05, 0.1) is 0 Å². The number of nitrogens with two attached hydrogens (primary N) is 1. The molecule has 0 aliphatic heterocycles. The van der Waals surface area contributed by atoms with Crippen molar-refractivity contribution < 1.29 is 0 Å². The van der Waals surface area contributed by atoms with Crippen molar-refractivity contribution in [3.05, 3.63) is 29.8 Å². The molecule has 2 heteroatoms. The number of hydrogen-bond donors (Lipinski definition) is 1. The highest BCUT2D eigenvalue weighted by Gasteiger charge is 2.04. The van der Waals surface area contributed by atoms with Gasteiger partial charge in [0.1, 0.15) is 0 Å². The fourth-order valence-corrected chi connectivity index (χ4v) is 1.65. The fourth-order valence-electron chi connectivity index (χ4n) is 1.65. The summed E-state index contributed by atoms with van der Waals surface area (Å²) in [5, 5.41) is 0. The van der Waals surface area contributed by atoms with Crippen molar-refractivity contribution in [2.75, 3.05) is 18.0 Å². The maximum atomic E-state index is 5.78. The first-order valence-electron chi connectivity index (χ1n) is 5.70. The highest BCUT2D eigenvalue weighted by atomic mass is 15.1. The van der Waals surface area contributed by atoms with Gasteiger partial charge < -0.3 is 10.6 Å². The van der Waals surface area contributed by atoms with E-state index in [1.165, 1.54) is 11.3 Å². The van der Waals surface area contributed by atoms with Crippen LogP contribution in [0, 0.1) is 6.92 Å². The van der Waals surface area contributed by atoms with Crippen LogP contribution in [0.2, 0.25) is 0 Å². The van der Waals surface area contributed by atoms with E-state index in [9.17, 15) is 0 Å². The van der Waals surface area contributed by atoms with Gasteiger partial charge in [-0.15, -0.1) is 0 Å². The molecule has 1 aromatic rings. The second-order valence-corrected chi connectivity index (χ2v) is 4.18. The minimum atomic E-state index is 0.281. The predicted octanol–water partition coefficient (Wildman–Crippen LogP) is 2.56. The van der Waals surface area contributed by atoms with Crippen LogP contribution in [-0.2, 0) is 0 Å². The molecule has 0 fully saturated rings. The second kappa shape index (κ2) is 5.76. The smallest absolute Gasteiger partial charge is 0.0368 e. The van der Waals surface area contributed by atoms with Gasteiger partial charge in [-0.1, -0.05) is 12.1 Å². The average Bonchev–Trinajstić information content (AvgIpc) is 2.18. The molecule has 0 aliphatic rings. The second-order valence-electron chi connectivity index (χ2n) is 4.18. The van der Waals surface area contributed by atoms with Crippen LogP contribution in [-0.4, -0.2) is 19.1 Å². The zero-order valence-electron chi connectivity index (χ0n) is 10.0. The van der Waals surface area contributed by atoms with Gasteiger partial charge in [-0.3, -0.25) is 0 Å². The van der Waals surface area contributed by atoms with E-state index in [1.54, 1.807) is 0 Å². The Labute approximate surface area is 93.1 Å². The first-order valence-corrected chi connectivity index (χ1v) is 5.70.